The number of fused-ring (bicyclic) bond motifs is 1. The second kappa shape index (κ2) is 4.18. The van der Waals surface area contributed by atoms with E-state index in [2.05, 4.69) is 29.8 Å². The molecule has 0 N–H and O–H groups in total. The minimum Gasteiger partial charge on any atom is -0.489 e. The van der Waals surface area contributed by atoms with Gasteiger partial charge in [-0.05, 0) is 19.9 Å². The first-order valence-corrected chi connectivity index (χ1v) is 6.25. The van der Waals surface area contributed by atoms with Gasteiger partial charge < -0.3 is 14.4 Å². The largest absolute Gasteiger partial charge is 0.489 e. The number of nitrogens with zero attached hydrogens (tertiary/aromatic N) is 2. The molecular weight excluding hydrogens is 216 g/mol. The van der Waals surface area contributed by atoms with E-state index >= 15 is 0 Å². The van der Waals surface area contributed by atoms with E-state index in [4.69, 9.17) is 9.47 Å². The molecule has 4 nitrogen and oxygen atoms in total. The molecule has 3 heterocycles. The van der Waals surface area contributed by atoms with E-state index in [1.54, 1.807) is 0 Å². The van der Waals surface area contributed by atoms with E-state index in [9.17, 15) is 0 Å². The quantitative estimate of drug-likeness (QED) is 0.739. The van der Waals surface area contributed by atoms with Gasteiger partial charge in [-0.15, -0.1) is 0 Å². The summed E-state index contributed by atoms with van der Waals surface area (Å²) in [5, 5.41) is 0. The maximum absolute atomic E-state index is 5.75. The van der Waals surface area contributed by atoms with Crippen LogP contribution in [0.1, 0.15) is 19.4 Å². The second-order valence-corrected chi connectivity index (χ2v) is 4.88. The van der Waals surface area contributed by atoms with Crippen LogP contribution in [0.15, 0.2) is 12.3 Å². The Morgan fingerprint density at radius 3 is 2.82 bits per heavy atom. The lowest BCUT2D eigenvalue weighted by molar-refractivity contribution is -0.00557. The van der Waals surface area contributed by atoms with Gasteiger partial charge >= 0.3 is 0 Å². The second-order valence-electron chi connectivity index (χ2n) is 4.88. The smallest absolute Gasteiger partial charge is 0.171 e. The zero-order valence-corrected chi connectivity index (χ0v) is 10.3. The summed E-state index contributed by atoms with van der Waals surface area (Å²) in [4.78, 5) is 6.77. The molecule has 0 aliphatic carbocycles. The van der Waals surface area contributed by atoms with Crippen LogP contribution in [0.3, 0.4) is 0 Å². The van der Waals surface area contributed by atoms with Gasteiger partial charge in [0.1, 0.15) is 0 Å². The molecule has 0 aromatic carbocycles. The Morgan fingerprint density at radius 2 is 2.06 bits per heavy atom. The van der Waals surface area contributed by atoms with Gasteiger partial charge in [-0.3, -0.25) is 0 Å². The van der Waals surface area contributed by atoms with Crippen molar-refractivity contribution in [2.75, 3.05) is 24.6 Å². The number of morpholine rings is 1. The van der Waals surface area contributed by atoms with Gasteiger partial charge in [0, 0.05) is 31.3 Å². The van der Waals surface area contributed by atoms with Crippen LogP contribution in [0.4, 0.5) is 5.82 Å². The minimum absolute atomic E-state index is 0.248. The summed E-state index contributed by atoms with van der Waals surface area (Å²) in [6, 6.07) is 2.05. The molecule has 2 aliphatic heterocycles. The summed E-state index contributed by atoms with van der Waals surface area (Å²) in [5.41, 5.74) is 1.28. The molecule has 1 aromatic rings. The van der Waals surface area contributed by atoms with Gasteiger partial charge in [0.25, 0.3) is 0 Å². The predicted molar refractivity (Wildman–Crippen MR) is 65.7 cm³/mol. The molecule has 1 fully saturated rings. The Hall–Kier alpha value is -1.29. The highest BCUT2D eigenvalue weighted by molar-refractivity contribution is 5.58. The maximum Gasteiger partial charge on any atom is 0.171 e. The van der Waals surface area contributed by atoms with E-state index in [1.807, 2.05) is 6.20 Å². The lowest BCUT2D eigenvalue weighted by Crippen LogP contribution is -2.46. The van der Waals surface area contributed by atoms with Crippen molar-refractivity contribution in [3.05, 3.63) is 17.8 Å². The summed E-state index contributed by atoms with van der Waals surface area (Å²) < 4.78 is 11.5. The molecule has 0 unspecified atom stereocenters. The fourth-order valence-corrected chi connectivity index (χ4v) is 2.67. The molecule has 0 amide bonds. The lowest BCUT2D eigenvalue weighted by Gasteiger charge is -2.36. The molecule has 4 heteroatoms. The number of ether oxygens (including phenoxy) is 2. The fourth-order valence-electron chi connectivity index (χ4n) is 2.67. The summed E-state index contributed by atoms with van der Waals surface area (Å²) in [6.07, 6.45) is 3.38. The monoisotopic (exact) mass is 234 g/mol. The summed E-state index contributed by atoms with van der Waals surface area (Å²) in [5.74, 6) is 1.97. The van der Waals surface area contributed by atoms with Crippen molar-refractivity contribution < 1.29 is 9.47 Å². The normalized spacial score (nSPS) is 27.8. The van der Waals surface area contributed by atoms with Crippen LogP contribution < -0.4 is 9.64 Å². The number of rotatable bonds is 1. The first-order chi connectivity index (χ1) is 8.24. The molecule has 92 valence electrons. The maximum atomic E-state index is 5.75. The minimum atomic E-state index is 0.248. The molecule has 0 spiro atoms. The van der Waals surface area contributed by atoms with Crippen LogP contribution in [0, 0.1) is 0 Å². The molecule has 17 heavy (non-hydrogen) atoms. The Labute approximate surface area is 102 Å². The number of anilines is 1. The van der Waals surface area contributed by atoms with Crippen molar-refractivity contribution >= 4 is 5.82 Å². The van der Waals surface area contributed by atoms with Crippen LogP contribution in [-0.2, 0) is 11.2 Å². The van der Waals surface area contributed by atoms with Crippen molar-refractivity contribution in [2.24, 2.45) is 0 Å². The van der Waals surface area contributed by atoms with Crippen LogP contribution in [0.5, 0.6) is 5.75 Å². The van der Waals surface area contributed by atoms with E-state index in [-0.39, 0.29) is 12.2 Å². The van der Waals surface area contributed by atoms with Crippen LogP contribution >= 0.6 is 0 Å². The number of aromatic nitrogens is 1. The van der Waals surface area contributed by atoms with Crippen molar-refractivity contribution in [1.29, 1.82) is 0 Å². The Balaban J connectivity index is 1.91. The predicted octanol–water partition coefficient (Wildman–Crippen LogP) is 1.63. The first kappa shape index (κ1) is 10.8. The van der Waals surface area contributed by atoms with Crippen molar-refractivity contribution in [2.45, 2.75) is 32.5 Å². The molecule has 3 rings (SSSR count). The van der Waals surface area contributed by atoms with Crippen LogP contribution in [0.25, 0.3) is 0 Å². The van der Waals surface area contributed by atoms with E-state index in [0.717, 1.165) is 37.7 Å². The van der Waals surface area contributed by atoms with Crippen LogP contribution in [0.2, 0.25) is 0 Å². The number of hydrogen-bond donors (Lipinski definition) is 0. The van der Waals surface area contributed by atoms with Crippen molar-refractivity contribution in [3.8, 4) is 5.75 Å². The Bertz CT molecular complexity index is 412. The molecule has 0 bridgehead atoms. The third-order valence-electron chi connectivity index (χ3n) is 3.30. The van der Waals surface area contributed by atoms with Crippen molar-refractivity contribution in [3.63, 3.8) is 0 Å². The molecule has 1 saturated heterocycles. The van der Waals surface area contributed by atoms with Crippen molar-refractivity contribution in [1.82, 2.24) is 4.98 Å². The van der Waals surface area contributed by atoms with Gasteiger partial charge in [0.2, 0.25) is 0 Å². The topological polar surface area (TPSA) is 34.6 Å². The van der Waals surface area contributed by atoms with Gasteiger partial charge in [-0.25, -0.2) is 4.98 Å². The molecule has 2 atom stereocenters. The Morgan fingerprint density at radius 1 is 1.29 bits per heavy atom. The standard InChI is InChI=1S/C13H18N2O2/c1-9-7-15(8-10(2)17-9)13-12-11(3-5-14-13)4-6-16-12/h3,5,9-10H,4,6-8H2,1-2H3/t9-,10+. The summed E-state index contributed by atoms with van der Waals surface area (Å²) in [6.45, 7) is 6.76. The third kappa shape index (κ3) is 1.97. The molecule has 0 radical (unpaired) electrons. The summed E-state index contributed by atoms with van der Waals surface area (Å²) in [7, 11) is 0. The van der Waals surface area contributed by atoms with E-state index in [0.29, 0.717) is 0 Å². The molecule has 1 aromatic heterocycles. The third-order valence-corrected chi connectivity index (χ3v) is 3.30. The zero-order valence-electron chi connectivity index (χ0n) is 10.3. The van der Waals surface area contributed by atoms with Gasteiger partial charge in [0.05, 0.1) is 18.8 Å². The van der Waals surface area contributed by atoms with E-state index in [1.165, 1.54) is 5.56 Å². The zero-order chi connectivity index (χ0) is 11.8. The number of pyridine rings is 1. The lowest BCUT2D eigenvalue weighted by atomic mass is 10.2. The van der Waals surface area contributed by atoms with E-state index < -0.39 is 0 Å². The first-order valence-electron chi connectivity index (χ1n) is 6.25. The van der Waals surface area contributed by atoms with Crippen LogP contribution in [-0.4, -0.2) is 36.9 Å². The molecule has 0 saturated carbocycles. The van der Waals surface area contributed by atoms with Gasteiger partial charge in [-0.2, -0.15) is 0 Å². The highest BCUT2D eigenvalue weighted by atomic mass is 16.5. The molecule has 2 aliphatic rings. The highest BCUT2D eigenvalue weighted by Gasteiger charge is 2.27. The fraction of sp³-hybridized carbons (Fsp3) is 0.615. The summed E-state index contributed by atoms with van der Waals surface area (Å²) >= 11 is 0. The number of hydrogen-bond acceptors (Lipinski definition) is 4. The molecular formula is C13H18N2O2. The van der Waals surface area contributed by atoms with Gasteiger partial charge in [-0.1, -0.05) is 0 Å². The average molecular weight is 234 g/mol. The average Bonchev–Trinajstić information content (AvgIpc) is 2.75. The van der Waals surface area contributed by atoms with Gasteiger partial charge in [0.15, 0.2) is 11.6 Å². The highest BCUT2D eigenvalue weighted by Crippen LogP contribution is 2.35. The Kier molecular flexibility index (Phi) is 2.67. The SMILES string of the molecule is C[C@@H]1CN(c2nccc3c2OCC3)C[C@H](C)O1.